The molecule has 1 unspecified atom stereocenters. The number of amides is 2. The number of hydrogen-bond donors (Lipinski definition) is 0. The van der Waals surface area contributed by atoms with Crippen molar-refractivity contribution in [1.82, 2.24) is 19.7 Å². The molecular formula is C21H27N5O2S2. The number of piperazine rings is 1. The second-order valence-corrected chi connectivity index (χ2v) is 9.77. The lowest BCUT2D eigenvalue weighted by molar-refractivity contribution is -0.135. The average molecular weight is 446 g/mol. The standard InChI is InChI=1S/C21H27N5O2S2/c1-23(2)20(27)14-24-7-9-25(10-8-24)15-21(28)26-17(19-6-4-12-30-19)13-16(22-26)18-5-3-11-29-18/h3-6,11-12,17H,7-10,13-15H2,1-2H3. The molecule has 9 heteroatoms. The van der Waals surface area contributed by atoms with Gasteiger partial charge >= 0.3 is 0 Å². The van der Waals surface area contributed by atoms with Crippen LogP contribution in [0.3, 0.4) is 0 Å². The molecule has 2 aromatic rings. The Bertz CT molecular complexity index is 887. The van der Waals surface area contributed by atoms with Crippen molar-refractivity contribution in [2.24, 2.45) is 5.10 Å². The summed E-state index contributed by atoms with van der Waals surface area (Å²) in [5.74, 6) is 0.156. The first-order valence-electron chi connectivity index (χ1n) is 10.1. The number of hydrogen-bond acceptors (Lipinski definition) is 7. The topological polar surface area (TPSA) is 59.5 Å². The van der Waals surface area contributed by atoms with Gasteiger partial charge in [-0.15, -0.1) is 22.7 Å². The molecule has 2 amide bonds. The van der Waals surface area contributed by atoms with E-state index in [4.69, 9.17) is 5.10 Å². The summed E-state index contributed by atoms with van der Waals surface area (Å²) in [5.41, 5.74) is 0.990. The van der Waals surface area contributed by atoms with E-state index in [2.05, 4.69) is 27.3 Å². The van der Waals surface area contributed by atoms with Crippen LogP contribution in [-0.4, -0.2) is 90.6 Å². The summed E-state index contributed by atoms with van der Waals surface area (Å²) in [4.78, 5) is 33.4. The highest BCUT2D eigenvalue weighted by Crippen LogP contribution is 2.36. The predicted octanol–water partition coefficient (Wildman–Crippen LogP) is 2.19. The van der Waals surface area contributed by atoms with Crippen LogP contribution in [0.5, 0.6) is 0 Å². The van der Waals surface area contributed by atoms with Crippen LogP contribution in [0.4, 0.5) is 0 Å². The third kappa shape index (κ3) is 4.80. The van der Waals surface area contributed by atoms with Crippen LogP contribution in [0, 0.1) is 0 Å². The maximum Gasteiger partial charge on any atom is 0.257 e. The molecule has 0 radical (unpaired) electrons. The number of likely N-dealkylation sites (N-methyl/N-ethyl adjacent to an activating group) is 1. The van der Waals surface area contributed by atoms with Crippen molar-refractivity contribution < 1.29 is 9.59 Å². The van der Waals surface area contributed by atoms with E-state index in [1.54, 1.807) is 46.7 Å². The van der Waals surface area contributed by atoms with Gasteiger partial charge in [0.05, 0.1) is 29.7 Å². The van der Waals surface area contributed by atoms with Crippen molar-refractivity contribution in [1.29, 1.82) is 0 Å². The number of carbonyl (C=O) groups excluding carboxylic acids is 2. The Labute approximate surface area is 185 Å². The molecule has 0 saturated carbocycles. The molecule has 2 aromatic heterocycles. The maximum absolute atomic E-state index is 13.2. The van der Waals surface area contributed by atoms with Gasteiger partial charge in [0.1, 0.15) is 0 Å². The fourth-order valence-corrected chi connectivity index (χ4v) is 5.27. The zero-order valence-corrected chi connectivity index (χ0v) is 19.0. The van der Waals surface area contributed by atoms with Crippen LogP contribution in [0.25, 0.3) is 0 Å². The Kier molecular flexibility index (Phi) is 6.62. The molecule has 1 fully saturated rings. The Morgan fingerprint density at radius 2 is 1.70 bits per heavy atom. The highest BCUT2D eigenvalue weighted by atomic mass is 32.1. The van der Waals surface area contributed by atoms with E-state index in [1.807, 2.05) is 17.5 Å². The average Bonchev–Trinajstić information content (AvgIpc) is 3.48. The van der Waals surface area contributed by atoms with Crippen LogP contribution in [0.2, 0.25) is 0 Å². The van der Waals surface area contributed by atoms with E-state index in [0.717, 1.165) is 43.2 Å². The van der Waals surface area contributed by atoms with Gasteiger partial charge in [0.15, 0.2) is 0 Å². The quantitative estimate of drug-likeness (QED) is 0.684. The Morgan fingerprint density at radius 1 is 1.03 bits per heavy atom. The summed E-state index contributed by atoms with van der Waals surface area (Å²) in [7, 11) is 3.56. The van der Waals surface area contributed by atoms with Gasteiger partial charge in [-0.25, -0.2) is 5.01 Å². The van der Waals surface area contributed by atoms with Crippen molar-refractivity contribution in [3.8, 4) is 0 Å². The van der Waals surface area contributed by atoms with E-state index in [-0.39, 0.29) is 17.9 Å². The van der Waals surface area contributed by atoms with E-state index in [9.17, 15) is 9.59 Å². The third-order valence-electron chi connectivity index (χ3n) is 5.52. The number of carbonyl (C=O) groups is 2. The second-order valence-electron chi connectivity index (χ2n) is 7.84. The molecule has 0 N–H and O–H groups in total. The highest BCUT2D eigenvalue weighted by Gasteiger charge is 2.35. The van der Waals surface area contributed by atoms with Gasteiger partial charge < -0.3 is 4.90 Å². The van der Waals surface area contributed by atoms with E-state index >= 15 is 0 Å². The normalized spacial score (nSPS) is 20.4. The van der Waals surface area contributed by atoms with Crippen LogP contribution in [0.1, 0.15) is 22.2 Å². The fourth-order valence-electron chi connectivity index (χ4n) is 3.74. The number of nitrogens with zero attached hydrogens (tertiary/aromatic N) is 5. The molecule has 4 heterocycles. The van der Waals surface area contributed by atoms with Gasteiger partial charge in [-0.1, -0.05) is 12.1 Å². The first-order valence-corrected chi connectivity index (χ1v) is 11.9. The molecule has 160 valence electrons. The van der Waals surface area contributed by atoms with E-state index in [0.29, 0.717) is 13.1 Å². The van der Waals surface area contributed by atoms with Gasteiger partial charge in [0, 0.05) is 51.6 Å². The summed E-state index contributed by atoms with van der Waals surface area (Å²) >= 11 is 3.34. The largest absolute Gasteiger partial charge is 0.348 e. The SMILES string of the molecule is CN(C)C(=O)CN1CCN(CC(=O)N2N=C(c3cccs3)CC2c2cccs2)CC1. The number of rotatable bonds is 6. The first kappa shape index (κ1) is 21.2. The van der Waals surface area contributed by atoms with Gasteiger partial charge in [-0.05, 0) is 22.9 Å². The summed E-state index contributed by atoms with van der Waals surface area (Å²) < 4.78 is 0. The molecule has 1 atom stereocenters. The Balaban J connectivity index is 1.38. The summed E-state index contributed by atoms with van der Waals surface area (Å²) in [6.07, 6.45) is 0.757. The highest BCUT2D eigenvalue weighted by molar-refractivity contribution is 7.12. The summed E-state index contributed by atoms with van der Waals surface area (Å²) in [6, 6.07) is 8.18. The zero-order chi connectivity index (χ0) is 21.1. The zero-order valence-electron chi connectivity index (χ0n) is 17.4. The predicted molar refractivity (Wildman–Crippen MR) is 121 cm³/mol. The molecular weight excluding hydrogens is 418 g/mol. The fraction of sp³-hybridized carbons (Fsp3) is 0.476. The van der Waals surface area contributed by atoms with Gasteiger partial charge in [-0.3, -0.25) is 19.4 Å². The van der Waals surface area contributed by atoms with Crippen LogP contribution in [0.15, 0.2) is 40.1 Å². The van der Waals surface area contributed by atoms with Gasteiger partial charge in [0.2, 0.25) is 5.91 Å². The van der Waals surface area contributed by atoms with Gasteiger partial charge in [0.25, 0.3) is 5.91 Å². The monoisotopic (exact) mass is 445 g/mol. The number of thiophene rings is 2. The molecule has 0 aliphatic carbocycles. The molecule has 0 bridgehead atoms. The lowest BCUT2D eigenvalue weighted by Gasteiger charge is -2.35. The lowest BCUT2D eigenvalue weighted by atomic mass is 10.1. The van der Waals surface area contributed by atoms with Crippen molar-refractivity contribution in [3.63, 3.8) is 0 Å². The molecule has 2 aliphatic rings. The Morgan fingerprint density at radius 3 is 2.30 bits per heavy atom. The van der Waals surface area contributed by atoms with Crippen LogP contribution in [-0.2, 0) is 9.59 Å². The second kappa shape index (κ2) is 9.38. The Hall–Kier alpha value is -2.07. The summed E-state index contributed by atoms with van der Waals surface area (Å²) in [5, 5.41) is 10.5. The molecule has 2 aliphatic heterocycles. The minimum Gasteiger partial charge on any atom is -0.348 e. The van der Waals surface area contributed by atoms with Crippen LogP contribution < -0.4 is 0 Å². The lowest BCUT2D eigenvalue weighted by Crippen LogP contribution is -2.51. The minimum absolute atomic E-state index is 0.0198. The van der Waals surface area contributed by atoms with Crippen molar-refractivity contribution >= 4 is 40.2 Å². The minimum atomic E-state index is -0.0198. The van der Waals surface area contributed by atoms with Gasteiger partial charge in [-0.2, -0.15) is 5.10 Å². The molecule has 30 heavy (non-hydrogen) atoms. The molecule has 0 aromatic carbocycles. The molecule has 0 spiro atoms. The molecule has 4 rings (SSSR count). The van der Waals surface area contributed by atoms with E-state index < -0.39 is 0 Å². The summed E-state index contributed by atoms with van der Waals surface area (Å²) in [6.45, 7) is 3.96. The first-order chi connectivity index (χ1) is 14.5. The third-order valence-corrected chi connectivity index (χ3v) is 7.42. The van der Waals surface area contributed by atoms with Crippen molar-refractivity contribution in [2.45, 2.75) is 12.5 Å². The number of hydrazone groups is 1. The van der Waals surface area contributed by atoms with Crippen molar-refractivity contribution in [3.05, 3.63) is 44.8 Å². The van der Waals surface area contributed by atoms with Crippen molar-refractivity contribution in [2.75, 3.05) is 53.4 Å². The van der Waals surface area contributed by atoms with Crippen LogP contribution >= 0.6 is 22.7 Å². The van der Waals surface area contributed by atoms with E-state index in [1.165, 1.54) is 4.88 Å². The maximum atomic E-state index is 13.2. The smallest absolute Gasteiger partial charge is 0.257 e. The molecule has 1 saturated heterocycles. The molecule has 7 nitrogen and oxygen atoms in total.